The Morgan fingerprint density at radius 3 is 2.59 bits per heavy atom. The number of nitrogens with one attached hydrogen (secondary N) is 1. The molecule has 0 amide bonds. The summed E-state index contributed by atoms with van der Waals surface area (Å²) in [7, 11) is -1.00. The molecule has 0 spiro atoms. The Labute approximate surface area is 173 Å². The molecule has 4 heterocycles. The molecule has 2 aliphatic heterocycles. The average Bonchev–Trinajstić information content (AvgIpc) is 3.09. The molecule has 9 heteroatoms. The summed E-state index contributed by atoms with van der Waals surface area (Å²) < 4.78 is 12.5. The molecule has 29 heavy (non-hydrogen) atoms. The Kier molecular flexibility index (Phi) is 4.64. The molecule has 2 fully saturated rings. The van der Waals surface area contributed by atoms with E-state index in [1.807, 2.05) is 0 Å². The van der Waals surface area contributed by atoms with Crippen molar-refractivity contribution in [3.8, 4) is 0 Å². The first-order valence-electron chi connectivity index (χ1n) is 10.4. The number of rotatable bonds is 4. The number of hydrogen-bond donors (Lipinski definition) is 2. The van der Waals surface area contributed by atoms with Crippen LogP contribution in [0.4, 0.5) is 17.5 Å². The highest BCUT2D eigenvalue weighted by Crippen LogP contribution is 2.38. The Bertz CT molecular complexity index is 937. The summed E-state index contributed by atoms with van der Waals surface area (Å²) in [5.41, 5.74) is 7.30. The lowest BCUT2D eigenvalue weighted by Gasteiger charge is -2.40. The van der Waals surface area contributed by atoms with E-state index >= 15 is 0 Å². The number of piperidine rings is 1. The molecule has 3 aliphatic rings. The molecule has 1 atom stereocenters. The first kappa shape index (κ1) is 18.7. The van der Waals surface area contributed by atoms with E-state index in [9.17, 15) is 4.21 Å². The molecule has 1 saturated heterocycles. The maximum atomic E-state index is 12.5. The second-order valence-electron chi connectivity index (χ2n) is 8.62. The summed E-state index contributed by atoms with van der Waals surface area (Å²) in [6.07, 6.45) is 9.51. The predicted octanol–water partition coefficient (Wildman–Crippen LogP) is 2.25. The molecule has 1 unspecified atom stereocenters. The van der Waals surface area contributed by atoms with Crippen LogP contribution in [0.1, 0.15) is 56.5 Å². The van der Waals surface area contributed by atoms with Crippen LogP contribution >= 0.6 is 0 Å². The van der Waals surface area contributed by atoms with Gasteiger partial charge >= 0.3 is 0 Å². The number of nitrogens with two attached hydrogens (primary N) is 1. The fraction of sp³-hybridized carbons (Fsp3) is 0.600. The lowest BCUT2D eigenvalue weighted by Crippen LogP contribution is -2.42. The van der Waals surface area contributed by atoms with Crippen molar-refractivity contribution in [3.63, 3.8) is 0 Å². The first-order valence-corrected chi connectivity index (χ1v) is 11.7. The molecular formula is C20H27N7OS. The molecule has 2 aromatic heterocycles. The molecule has 0 aromatic carbocycles. The van der Waals surface area contributed by atoms with E-state index in [0.29, 0.717) is 17.4 Å². The van der Waals surface area contributed by atoms with E-state index in [-0.39, 0.29) is 5.54 Å². The van der Waals surface area contributed by atoms with Crippen LogP contribution in [0.3, 0.4) is 0 Å². The lowest BCUT2D eigenvalue weighted by molar-refractivity contribution is 0.305. The molecule has 5 rings (SSSR count). The van der Waals surface area contributed by atoms with Gasteiger partial charge in [0.25, 0.3) is 0 Å². The van der Waals surface area contributed by atoms with Crippen molar-refractivity contribution in [1.29, 1.82) is 0 Å². The molecule has 1 saturated carbocycles. The number of aryl methyl sites for hydroxylation is 1. The highest BCUT2D eigenvalue weighted by Gasteiger charge is 2.36. The fourth-order valence-corrected chi connectivity index (χ4v) is 5.73. The van der Waals surface area contributed by atoms with E-state index in [1.165, 1.54) is 6.42 Å². The minimum atomic E-state index is -1.00. The summed E-state index contributed by atoms with van der Waals surface area (Å²) >= 11 is 0. The van der Waals surface area contributed by atoms with Crippen molar-refractivity contribution in [2.45, 2.75) is 61.8 Å². The second-order valence-corrected chi connectivity index (χ2v) is 10.1. The van der Waals surface area contributed by atoms with Crippen molar-refractivity contribution < 1.29 is 4.21 Å². The summed E-state index contributed by atoms with van der Waals surface area (Å²) in [6.45, 7) is 3.94. The van der Waals surface area contributed by atoms with Gasteiger partial charge in [0.05, 0.1) is 34.6 Å². The molecule has 0 bridgehead atoms. The van der Waals surface area contributed by atoms with E-state index in [2.05, 4.69) is 27.1 Å². The topological polar surface area (TPSA) is 110 Å². The zero-order valence-electron chi connectivity index (χ0n) is 16.7. The number of anilines is 3. The molecule has 8 nitrogen and oxygen atoms in total. The average molecular weight is 414 g/mol. The third kappa shape index (κ3) is 3.56. The highest BCUT2D eigenvalue weighted by molar-refractivity contribution is 7.85. The predicted molar refractivity (Wildman–Crippen MR) is 114 cm³/mol. The van der Waals surface area contributed by atoms with Crippen LogP contribution in [0.5, 0.6) is 0 Å². The fourth-order valence-electron chi connectivity index (χ4n) is 4.42. The van der Waals surface area contributed by atoms with Crippen LogP contribution in [0, 0.1) is 0 Å². The maximum Gasteiger partial charge on any atom is 0.227 e. The lowest BCUT2D eigenvalue weighted by atomic mass is 9.78. The van der Waals surface area contributed by atoms with Gasteiger partial charge in [0.1, 0.15) is 16.5 Å². The Morgan fingerprint density at radius 1 is 1.21 bits per heavy atom. The number of hydrogen-bond acceptors (Lipinski definition) is 8. The van der Waals surface area contributed by atoms with Gasteiger partial charge in [-0.05, 0) is 39.0 Å². The first-order chi connectivity index (χ1) is 14.0. The van der Waals surface area contributed by atoms with Crippen LogP contribution in [-0.2, 0) is 17.2 Å². The SMILES string of the molecule is CC1(Nc2nc(N3CCC(c4ncc(N)cn4)CC3)nc3c2S(=O)CC3)CCC1. The van der Waals surface area contributed by atoms with E-state index in [1.54, 1.807) is 12.4 Å². The highest BCUT2D eigenvalue weighted by atomic mass is 32.2. The van der Waals surface area contributed by atoms with Gasteiger partial charge in [0.2, 0.25) is 5.95 Å². The Hall–Kier alpha value is -2.29. The van der Waals surface area contributed by atoms with Crippen LogP contribution in [0.15, 0.2) is 17.3 Å². The smallest absolute Gasteiger partial charge is 0.227 e. The van der Waals surface area contributed by atoms with Gasteiger partial charge in [-0.2, -0.15) is 4.98 Å². The van der Waals surface area contributed by atoms with Gasteiger partial charge in [-0.1, -0.05) is 0 Å². The quantitative estimate of drug-likeness (QED) is 0.785. The maximum absolute atomic E-state index is 12.5. The van der Waals surface area contributed by atoms with Crippen LogP contribution in [-0.4, -0.2) is 48.5 Å². The van der Waals surface area contributed by atoms with Gasteiger partial charge in [-0.25, -0.2) is 15.0 Å². The van der Waals surface area contributed by atoms with Crippen LogP contribution in [0.2, 0.25) is 0 Å². The van der Waals surface area contributed by atoms with Gasteiger partial charge in [-0.3, -0.25) is 4.21 Å². The molecular weight excluding hydrogens is 386 g/mol. The minimum absolute atomic E-state index is 0.0612. The van der Waals surface area contributed by atoms with Crippen LogP contribution < -0.4 is 16.0 Å². The van der Waals surface area contributed by atoms with Gasteiger partial charge in [0.15, 0.2) is 0 Å². The number of fused-ring (bicyclic) bond motifs is 1. The normalized spacial score (nSPS) is 23.5. The van der Waals surface area contributed by atoms with E-state index < -0.39 is 10.8 Å². The Balaban J connectivity index is 1.36. The standard InChI is InChI=1S/C20H27N7OS/c1-20(6-2-7-20)26-18-16-15(5-10-29(16)28)24-19(25-18)27-8-3-13(4-9-27)17-22-11-14(21)12-23-17/h11-13H,2-10,21H2,1H3,(H,24,25,26). The second kappa shape index (κ2) is 7.19. The van der Waals surface area contributed by atoms with E-state index in [4.69, 9.17) is 15.7 Å². The Morgan fingerprint density at radius 2 is 1.93 bits per heavy atom. The van der Waals surface area contributed by atoms with Crippen molar-refractivity contribution >= 4 is 28.3 Å². The summed E-state index contributed by atoms with van der Waals surface area (Å²) in [5, 5.41) is 3.60. The van der Waals surface area contributed by atoms with Crippen molar-refractivity contribution in [3.05, 3.63) is 23.9 Å². The zero-order valence-corrected chi connectivity index (χ0v) is 17.5. The summed E-state index contributed by atoms with van der Waals surface area (Å²) in [5.74, 6) is 3.39. The van der Waals surface area contributed by atoms with Crippen LogP contribution in [0.25, 0.3) is 0 Å². The zero-order chi connectivity index (χ0) is 20.0. The minimum Gasteiger partial charge on any atom is -0.396 e. The molecule has 0 radical (unpaired) electrons. The number of aromatic nitrogens is 4. The van der Waals surface area contributed by atoms with Crippen molar-refractivity contribution in [1.82, 2.24) is 19.9 Å². The number of nitrogens with zero attached hydrogens (tertiary/aromatic N) is 5. The molecule has 154 valence electrons. The molecule has 3 N–H and O–H groups in total. The molecule has 1 aliphatic carbocycles. The third-order valence-electron chi connectivity index (χ3n) is 6.39. The van der Waals surface area contributed by atoms with Crippen molar-refractivity contribution in [2.75, 3.05) is 34.8 Å². The third-order valence-corrected chi connectivity index (χ3v) is 7.85. The summed E-state index contributed by atoms with van der Waals surface area (Å²) in [6, 6.07) is 0. The van der Waals surface area contributed by atoms with Gasteiger partial charge in [0, 0.05) is 36.7 Å². The monoisotopic (exact) mass is 413 g/mol. The summed E-state index contributed by atoms with van der Waals surface area (Å²) in [4.78, 5) is 21.5. The largest absolute Gasteiger partial charge is 0.396 e. The van der Waals surface area contributed by atoms with Gasteiger partial charge in [-0.15, -0.1) is 0 Å². The number of nitrogen functional groups attached to an aromatic ring is 1. The van der Waals surface area contributed by atoms with E-state index in [0.717, 1.165) is 73.4 Å². The molecule has 2 aromatic rings. The van der Waals surface area contributed by atoms with Gasteiger partial charge < -0.3 is 16.0 Å². The van der Waals surface area contributed by atoms with Crippen molar-refractivity contribution in [2.24, 2.45) is 0 Å².